The Kier molecular flexibility index (Phi) is 7.63. The van der Waals surface area contributed by atoms with Crippen LogP contribution in [0, 0.1) is 0 Å². The van der Waals surface area contributed by atoms with Gasteiger partial charge in [-0.25, -0.2) is 0 Å². The highest BCUT2D eigenvalue weighted by Gasteiger charge is 2.05. The van der Waals surface area contributed by atoms with Crippen molar-refractivity contribution in [1.82, 2.24) is 0 Å². The van der Waals surface area contributed by atoms with Gasteiger partial charge in [0.25, 0.3) is 0 Å². The quantitative estimate of drug-likeness (QED) is 0.672. The second kappa shape index (κ2) is 9.16. The van der Waals surface area contributed by atoms with Gasteiger partial charge in [0, 0.05) is 19.8 Å². The van der Waals surface area contributed by atoms with Crippen molar-refractivity contribution in [2.75, 3.05) is 26.4 Å². The first-order valence-corrected chi connectivity index (χ1v) is 6.23. The Morgan fingerprint density at radius 3 is 2.35 bits per heavy atom. The minimum absolute atomic E-state index is 0.360. The van der Waals surface area contributed by atoms with Crippen LogP contribution in [0.1, 0.15) is 31.4 Å². The van der Waals surface area contributed by atoms with Crippen LogP contribution in [0.2, 0.25) is 0 Å². The Balaban J connectivity index is 2.03. The van der Waals surface area contributed by atoms with Gasteiger partial charge in [-0.2, -0.15) is 0 Å². The molecule has 96 valence electrons. The molecule has 0 amide bonds. The lowest BCUT2D eigenvalue weighted by Crippen LogP contribution is -2.08. The van der Waals surface area contributed by atoms with Crippen LogP contribution in [0.5, 0.6) is 0 Å². The maximum Gasteiger partial charge on any atom is 0.102 e. The van der Waals surface area contributed by atoms with Crippen molar-refractivity contribution in [3.63, 3.8) is 0 Å². The molecule has 1 N–H and O–H groups in total. The highest BCUT2D eigenvalue weighted by Crippen LogP contribution is 2.12. The van der Waals surface area contributed by atoms with Crippen LogP contribution >= 0.6 is 0 Å². The van der Waals surface area contributed by atoms with Crippen molar-refractivity contribution in [2.45, 2.75) is 25.9 Å². The molecule has 17 heavy (non-hydrogen) atoms. The second-order valence-corrected chi connectivity index (χ2v) is 3.91. The van der Waals surface area contributed by atoms with Gasteiger partial charge in [-0.1, -0.05) is 30.3 Å². The third-order valence-corrected chi connectivity index (χ3v) is 2.49. The molecule has 0 aliphatic carbocycles. The first-order valence-electron chi connectivity index (χ1n) is 6.23. The molecule has 3 heteroatoms. The van der Waals surface area contributed by atoms with E-state index >= 15 is 0 Å². The second-order valence-electron chi connectivity index (χ2n) is 3.91. The maximum atomic E-state index is 9.81. The van der Waals surface area contributed by atoms with Crippen LogP contribution in [0.25, 0.3) is 0 Å². The zero-order chi connectivity index (χ0) is 12.3. The number of aliphatic hydroxyl groups excluding tert-OH is 1. The molecule has 0 saturated carbocycles. The molecule has 0 radical (unpaired) electrons. The summed E-state index contributed by atoms with van der Waals surface area (Å²) in [5.74, 6) is 0. The van der Waals surface area contributed by atoms with Gasteiger partial charge < -0.3 is 14.6 Å². The lowest BCUT2D eigenvalue weighted by atomic mass is 10.1. The fourth-order valence-corrected chi connectivity index (χ4v) is 1.52. The van der Waals surface area contributed by atoms with E-state index in [1.165, 1.54) is 0 Å². The topological polar surface area (TPSA) is 38.7 Å². The highest BCUT2D eigenvalue weighted by molar-refractivity contribution is 5.17. The number of ether oxygens (including phenoxy) is 2. The average Bonchev–Trinajstić information content (AvgIpc) is 2.38. The fraction of sp³-hybridized carbons (Fsp3) is 0.571. The number of hydrogen-bond donors (Lipinski definition) is 1. The Labute approximate surface area is 103 Å². The molecular weight excluding hydrogens is 216 g/mol. The molecule has 0 aliphatic heterocycles. The van der Waals surface area contributed by atoms with Gasteiger partial charge in [0.05, 0.1) is 6.61 Å². The van der Waals surface area contributed by atoms with Crippen LogP contribution in [0.15, 0.2) is 30.3 Å². The average molecular weight is 238 g/mol. The first-order chi connectivity index (χ1) is 8.34. The normalized spacial score (nSPS) is 12.6. The molecule has 0 fully saturated rings. The molecule has 1 atom stereocenters. The van der Waals surface area contributed by atoms with E-state index in [4.69, 9.17) is 9.47 Å². The van der Waals surface area contributed by atoms with Gasteiger partial charge in [-0.3, -0.25) is 0 Å². The molecule has 0 aliphatic rings. The van der Waals surface area contributed by atoms with Crippen LogP contribution in [0.3, 0.4) is 0 Å². The van der Waals surface area contributed by atoms with Gasteiger partial charge >= 0.3 is 0 Å². The summed E-state index contributed by atoms with van der Waals surface area (Å²) < 4.78 is 10.7. The van der Waals surface area contributed by atoms with Crippen molar-refractivity contribution >= 4 is 0 Å². The van der Waals surface area contributed by atoms with Crippen molar-refractivity contribution in [2.24, 2.45) is 0 Å². The molecule has 0 aromatic heterocycles. The predicted molar refractivity (Wildman–Crippen MR) is 67.9 cm³/mol. The molecule has 0 spiro atoms. The summed E-state index contributed by atoms with van der Waals surface area (Å²) in [5, 5.41) is 9.81. The SMILES string of the molecule is CCOCCCCOCC(O)c1ccccc1. The summed E-state index contributed by atoms with van der Waals surface area (Å²) in [4.78, 5) is 0. The summed E-state index contributed by atoms with van der Waals surface area (Å²) in [5.41, 5.74) is 0.904. The van der Waals surface area contributed by atoms with Crippen LogP contribution in [0.4, 0.5) is 0 Å². The third-order valence-electron chi connectivity index (χ3n) is 2.49. The number of rotatable bonds is 9. The van der Waals surface area contributed by atoms with E-state index in [2.05, 4.69) is 0 Å². The van der Waals surface area contributed by atoms with E-state index in [9.17, 15) is 5.11 Å². The molecule has 0 bridgehead atoms. The maximum absolute atomic E-state index is 9.81. The highest BCUT2D eigenvalue weighted by atomic mass is 16.5. The Morgan fingerprint density at radius 1 is 1.06 bits per heavy atom. The van der Waals surface area contributed by atoms with Crippen molar-refractivity contribution in [3.8, 4) is 0 Å². The summed E-state index contributed by atoms with van der Waals surface area (Å²) in [6, 6.07) is 9.58. The lowest BCUT2D eigenvalue weighted by Gasteiger charge is -2.11. The Hall–Kier alpha value is -0.900. The minimum Gasteiger partial charge on any atom is -0.386 e. The standard InChI is InChI=1S/C14H22O3/c1-2-16-10-6-7-11-17-12-14(15)13-8-4-3-5-9-13/h3-5,8-9,14-15H,2,6-7,10-12H2,1H3. The smallest absolute Gasteiger partial charge is 0.102 e. The largest absolute Gasteiger partial charge is 0.386 e. The molecule has 1 aromatic rings. The fourth-order valence-electron chi connectivity index (χ4n) is 1.52. The monoisotopic (exact) mass is 238 g/mol. The van der Waals surface area contributed by atoms with Crippen molar-refractivity contribution in [3.05, 3.63) is 35.9 Å². The minimum atomic E-state index is -0.525. The zero-order valence-electron chi connectivity index (χ0n) is 10.5. The molecule has 1 unspecified atom stereocenters. The van der Waals surface area contributed by atoms with Gasteiger partial charge in [0.15, 0.2) is 0 Å². The van der Waals surface area contributed by atoms with Crippen molar-refractivity contribution < 1.29 is 14.6 Å². The molecule has 0 saturated heterocycles. The molecule has 3 nitrogen and oxygen atoms in total. The number of hydrogen-bond acceptors (Lipinski definition) is 3. The Bertz CT molecular complexity index is 274. The van der Waals surface area contributed by atoms with E-state index in [-0.39, 0.29) is 0 Å². The molecular formula is C14H22O3. The number of unbranched alkanes of at least 4 members (excludes halogenated alkanes) is 1. The van der Waals surface area contributed by atoms with Crippen LogP contribution in [-0.2, 0) is 9.47 Å². The zero-order valence-corrected chi connectivity index (χ0v) is 10.5. The number of benzene rings is 1. The van der Waals surface area contributed by atoms with Gasteiger partial charge in [0.2, 0.25) is 0 Å². The van der Waals surface area contributed by atoms with Crippen LogP contribution < -0.4 is 0 Å². The summed E-state index contributed by atoms with van der Waals surface area (Å²) in [7, 11) is 0. The van der Waals surface area contributed by atoms with E-state index in [1.807, 2.05) is 37.3 Å². The number of aliphatic hydroxyl groups is 1. The van der Waals surface area contributed by atoms with E-state index < -0.39 is 6.10 Å². The Morgan fingerprint density at radius 2 is 1.71 bits per heavy atom. The van der Waals surface area contributed by atoms with Crippen molar-refractivity contribution in [1.29, 1.82) is 0 Å². The molecule has 1 rings (SSSR count). The van der Waals surface area contributed by atoms with E-state index in [1.54, 1.807) is 0 Å². The van der Waals surface area contributed by atoms with Gasteiger partial charge in [-0.15, -0.1) is 0 Å². The molecule has 0 heterocycles. The third kappa shape index (κ3) is 6.41. The summed E-state index contributed by atoms with van der Waals surface area (Å²) in [6.45, 7) is 4.59. The van der Waals surface area contributed by atoms with Crippen LogP contribution in [-0.4, -0.2) is 31.5 Å². The van der Waals surface area contributed by atoms with E-state index in [0.717, 1.165) is 31.6 Å². The van der Waals surface area contributed by atoms with Gasteiger partial charge in [-0.05, 0) is 25.3 Å². The lowest BCUT2D eigenvalue weighted by molar-refractivity contribution is 0.0318. The summed E-state index contributed by atoms with van der Waals surface area (Å²) >= 11 is 0. The predicted octanol–water partition coefficient (Wildman–Crippen LogP) is 2.55. The van der Waals surface area contributed by atoms with E-state index in [0.29, 0.717) is 13.2 Å². The summed E-state index contributed by atoms with van der Waals surface area (Å²) in [6.07, 6.45) is 1.46. The first kappa shape index (κ1) is 14.2. The molecule has 1 aromatic carbocycles. The van der Waals surface area contributed by atoms with Gasteiger partial charge in [0.1, 0.15) is 6.10 Å².